The van der Waals surface area contributed by atoms with Crippen molar-refractivity contribution in [2.75, 3.05) is 17.7 Å². The number of para-hydroxylation sites is 1. The number of nitrogens with one attached hydrogen (secondary N) is 1. The molecule has 8 heteroatoms. The summed E-state index contributed by atoms with van der Waals surface area (Å²) in [4.78, 5) is 11.9. The molecule has 1 amide bonds. The molecular weight excluding hydrogens is 369 g/mol. The van der Waals surface area contributed by atoms with Crippen LogP contribution in [0.25, 0.3) is 11.5 Å². The number of rotatable bonds is 8. The van der Waals surface area contributed by atoms with Crippen LogP contribution in [0, 0.1) is 5.82 Å². The summed E-state index contributed by atoms with van der Waals surface area (Å²) < 4.78 is 24.1. The molecule has 0 unspecified atom stereocenters. The average Bonchev–Trinajstić information content (AvgIpc) is 3.13. The van der Waals surface area contributed by atoms with E-state index < -0.39 is 0 Å². The number of hydrogen-bond donors (Lipinski definition) is 1. The fraction of sp³-hybridized carbons (Fsp3) is 0.211. The second-order valence-electron chi connectivity index (χ2n) is 5.46. The predicted octanol–water partition coefficient (Wildman–Crippen LogP) is 4.40. The van der Waals surface area contributed by atoms with E-state index in [2.05, 4.69) is 15.5 Å². The van der Waals surface area contributed by atoms with Crippen LogP contribution < -0.4 is 10.1 Å². The first-order chi connectivity index (χ1) is 13.2. The Morgan fingerprint density at radius 1 is 1.19 bits per heavy atom. The first kappa shape index (κ1) is 18.9. The fourth-order valence-electron chi connectivity index (χ4n) is 2.29. The van der Waals surface area contributed by atoms with Crippen molar-refractivity contribution in [3.63, 3.8) is 0 Å². The molecular formula is C19H18FN3O3S. The Labute approximate surface area is 160 Å². The third-order valence-electron chi connectivity index (χ3n) is 3.51. The average molecular weight is 387 g/mol. The lowest BCUT2D eigenvalue weighted by Crippen LogP contribution is -2.12. The molecule has 0 aliphatic carbocycles. The summed E-state index contributed by atoms with van der Waals surface area (Å²) in [5.74, 6) is 1.01. The number of halogens is 1. The van der Waals surface area contributed by atoms with Crippen LogP contribution in [0.2, 0.25) is 0 Å². The summed E-state index contributed by atoms with van der Waals surface area (Å²) in [5.41, 5.74) is 1.28. The van der Waals surface area contributed by atoms with Gasteiger partial charge in [0.05, 0.1) is 12.2 Å². The van der Waals surface area contributed by atoms with Crippen LogP contribution in [0.15, 0.2) is 58.2 Å². The highest BCUT2D eigenvalue weighted by Gasteiger charge is 2.14. The molecule has 0 aliphatic rings. The molecule has 140 valence electrons. The van der Waals surface area contributed by atoms with Crippen molar-refractivity contribution in [1.82, 2.24) is 10.2 Å². The number of carbonyl (C=O) groups excluding carboxylic acids is 1. The van der Waals surface area contributed by atoms with E-state index in [-0.39, 0.29) is 18.1 Å². The molecule has 6 nitrogen and oxygen atoms in total. The normalized spacial score (nSPS) is 10.6. The van der Waals surface area contributed by atoms with Crippen LogP contribution in [0.5, 0.6) is 5.75 Å². The maximum absolute atomic E-state index is 12.9. The number of anilines is 1. The van der Waals surface area contributed by atoms with E-state index in [1.165, 1.54) is 36.0 Å². The molecule has 3 rings (SSSR count). The lowest BCUT2D eigenvalue weighted by Gasteiger charge is -2.06. The van der Waals surface area contributed by atoms with E-state index in [0.717, 1.165) is 5.56 Å². The fourth-order valence-corrected chi connectivity index (χ4v) is 2.99. The molecule has 3 aromatic rings. The number of nitrogens with zero attached hydrogens (tertiary/aromatic N) is 2. The topological polar surface area (TPSA) is 77.2 Å². The first-order valence-corrected chi connectivity index (χ1v) is 9.38. The number of carbonyl (C=O) groups is 1. The zero-order valence-corrected chi connectivity index (χ0v) is 15.5. The molecule has 27 heavy (non-hydrogen) atoms. The minimum atomic E-state index is -0.346. The number of benzene rings is 2. The number of thioether (sulfide) groups is 1. The predicted molar refractivity (Wildman–Crippen MR) is 101 cm³/mol. The Hall–Kier alpha value is -2.87. The van der Waals surface area contributed by atoms with Crippen molar-refractivity contribution >= 4 is 23.4 Å². The smallest absolute Gasteiger partial charge is 0.276 e. The maximum atomic E-state index is 12.9. The second kappa shape index (κ2) is 9.18. The van der Waals surface area contributed by atoms with Crippen LogP contribution in [0.1, 0.15) is 13.3 Å². The van der Waals surface area contributed by atoms with Gasteiger partial charge in [0, 0.05) is 17.9 Å². The van der Waals surface area contributed by atoms with Gasteiger partial charge in [-0.15, -0.1) is 10.2 Å². The summed E-state index contributed by atoms with van der Waals surface area (Å²) in [6.07, 6.45) is 0.259. The van der Waals surface area contributed by atoms with Gasteiger partial charge in [0.15, 0.2) is 0 Å². The van der Waals surface area contributed by atoms with Crippen LogP contribution in [0.4, 0.5) is 10.1 Å². The Balaban J connectivity index is 1.52. The lowest BCUT2D eigenvalue weighted by molar-refractivity contribution is -0.115. The summed E-state index contributed by atoms with van der Waals surface area (Å²) in [6.45, 7) is 2.44. The van der Waals surface area contributed by atoms with Crippen LogP contribution in [0.3, 0.4) is 0 Å². The molecule has 0 saturated heterocycles. The monoisotopic (exact) mass is 387 g/mol. The molecule has 0 spiro atoms. The Morgan fingerprint density at radius 2 is 1.96 bits per heavy atom. The van der Waals surface area contributed by atoms with Gasteiger partial charge in [-0.25, -0.2) is 4.39 Å². The number of amides is 1. The summed E-state index contributed by atoms with van der Waals surface area (Å²) >= 11 is 1.29. The van der Waals surface area contributed by atoms with Crippen molar-refractivity contribution in [1.29, 1.82) is 0 Å². The first-order valence-electron chi connectivity index (χ1n) is 8.39. The third-order valence-corrected chi connectivity index (χ3v) is 4.33. The highest BCUT2D eigenvalue weighted by molar-refractivity contribution is 7.99. The quantitative estimate of drug-likeness (QED) is 0.578. The number of ether oxygens (including phenoxy) is 1. The summed E-state index contributed by atoms with van der Waals surface area (Å²) in [5, 5.41) is 11.1. The van der Waals surface area contributed by atoms with Gasteiger partial charge in [-0.2, -0.15) is 0 Å². The largest absolute Gasteiger partial charge is 0.493 e. The molecule has 0 radical (unpaired) electrons. The van der Waals surface area contributed by atoms with Gasteiger partial charge in [-0.1, -0.05) is 23.9 Å². The molecule has 0 atom stereocenters. The van der Waals surface area contributed by atoms with E-state index in [4.69, 9.17) is 9.15 Å². The van der Waals surface area contributed by atoms with E-state index in [1.54, 1.807) is 0 Å². The van der Waals surface area contributed by atoms with Gasteiger partial charge in [-0.05, 0) is 43.3 Å². The molecule has 1 aromatic heterocycles. The molecule has 2 aromatic carbocycles. The highest BCUT2D eigenvalue weighted by Crippen LogP contribution is 2.30. The van der Waals surface area contributed by atoms with Crippen LogP contribution >= 0.6 is 11.8 Å². The Morgan fingerprint density at radius 3 is 2.74 bits per heavy atom. The zero-order valence-electron chi connectivity index (χ0n) is 14.6. The van der Waals surface area contributed by atoms with Gasteiger partial charge in [0.2, 0.25) is 5.91 Å². The molecule has 1 heterocycles. The number of hydrogen-bond acceptors (Lipinski definition) is 6. The van der Waals surface area contributed by atoms with E-state index in [1.807, 2.05) is 31.2 Å². The Kier molecular flexibility index (Phi) is 6.43. The maximum Gasteiger partial charge on any atom is 0.276 e. The van der Waals surface area contributed by atoms with E-state index >= 15 is 0 Å². The molecule has 0 saturated carbocycles. The third kappa shape index (κ3) is 5.30. The van der Waals surface area contributed by atoms with Gasteiger partial charge in [-0.3, -0.25) is 4.79 Å². The molecule has 1 N–H and O–H groups in total. The minimum Gasteiger partial charge on any atom is -0.493 e. The van der Waals surface area contributed by atoms with Crippen LogP contribution in [-0.4, -0.2) is 28.5 Å². The van der Waals surface area contributed by atoms with E-state index in [9.17, 15) is 9.18 Å². The zero-order chi connectivity index (χ0) is 19.1. The van der Waals surface area contributed by atoms with Gasteiger partial charge in [0.25, 0.3) is 11.1 Å². The molecule has 0 bridgehead atoms. The van der Waals surface area contributed by atoms with Crippen molar-refractivity contribution < 1.29 is 18.3 Å². The van der Waals surface area contributed by atoms with E-state index in [0.29, 0.717) is 34.9 Å². The van der Waals surface area contributed by atoms with Gasteiger partial charge < -0.3 is 14.5 Å². The van der Waals surface area contributed by atoms with Crippen LogP contribution in [-0.2, 0) is 4.79 Å². The minimum absolute atomic E-state index is 0.171. The van der Waals surface area contributed by atoms with Crippen molar-refractivity contribution in [3.05, 3.63) is 54.3 Å². The number of aromatic nitrogens is 2. The summed E-state index contributed by atoms with van der Waals surface area (Å²) in [7, 11) is 0. The SMILES string of the molecule is CCOc1ccccc1-c1nnc(SCCC(=O)Nc2ccc(F)cc2)o1. The summed E-state index contributed by atoms with van der Waals surface area (Å²) in [6, 6.07) is 13.1. The highest BCUT2D eigenvalue weighted by atomic mass is 32.2. The van der Waals surface area contributed by atoms with Crippen molar-refractivity contribution in [2.45, 2.75) is 18.6 Å². The molecule has 0 aliphatic heterocycles. The van der Waals surface area contributed by atoms with Crippen molar-refractivity contribution in [3.8, 4) is 17.2 Å². The van der Waals surface area contributed by atoms with Crippen molar-refractivity contribution in [2.24, 2.45) is 0 Å². The lowest BCUT2D eigenvalue weighted by atomic mass is 10.2. The van der Waals surface area contributed by atoms with Gasteiger partial charge >= 0.3 is 0 Å². The Bertz CT molecular complexity index is 899. The molecule has 0 fully saturated rings. The second-order valence-corrected chi connectivity index (χ2v) is 6.50. The standard InChI is InChI=1S/C19H18FN3O3S/c1-2-25-16-6-4-3-5-15(16)18-22-23-19(26-18)27-12-11-17(24)21-14-9-7-13(20)8-10-14/h3-10H,2,11-12H2,1H3,(H,21,24). The van der Waals surface area contributed by atoms with Gasteiger partial charge in [0.1, 0.15) is 11.6 Å².